The van der Waals surface area contributed by atoms with E-state index in [4.69, 9.17) is 9.47 Å². The molecular weight excluding hydrogens is 302 g/mol. The molecule has 4 nitrogen and oxygen atoms in total. The predicted octanol–water partition coefficient (Wildman–Crippen LogP) is 3.34. The zero-order valence-electron chi connectivity index (χ0n) is 14.0. The van der Waals surface area contributed by atoms with Crippen LogP contribution in [0.5, 0.6) is 5.75 Å². The van der Waals surface area contributed by atoms with Gasteiger partial charge in [-0.2, -0.15) is 0 Å². The minimum absolute atomic E-state index is 0.0244. The Kier molecular flexibility index (Phi) is 5.49. The van der Waals surface area contributed by atoms with Crippen molar-refractivity contribution in [3.63, 3.8) is 0 Å². The molecule has 3 rings (SSSR count). The van der Waals surface area contributed by atoms with E-state index in [0.717, 1.165) is 25.0 Å². The summed E-state index contributed by atoms with van der Waals surface area (Å²) in [6.45, 7) is 3.46. The lowest BCUT2D eigenvalue weighted by Crippen LogP contribution is -2.35. The molecule has 0 aliphatic carbocycles. The average molecular weight is 325 g/mol. The maximum atomic E-state index is 11.8. The van der Waals surface area contributed by atoms with Crippen molar-refractivity contribution in [1.29, 1.82) is 0 Å². The van der Waals surface area contributed by atoms with E-state index in [1.807, 2.05) is 24.3 Å². The van der Waals surface area contributed by atoms with Crippen LogP contribution in [-0.4, -0.2) is 31.8 Å². The molecule has 1 fully saturated rings. The highest BCUT2D eigenvalue weighted by Gasteiger charge is 2.16. The van der Waals surface area contributed by atoms with Crippen molar-refractivity contribution >= 4 is 5.91 Å². The van der Waals surface area contributed by atoms with Crippen LogP contribution in [0.15, 0.2) is 48.5 Å². The Hall–Kier alpha value is -2.33. The summed E-state index contributed by atoms with van der Waals surface area (Å²) >= 11 is 0. The van der Waals surface area contributed by atoms with Crippen LogP contribution in [0.4, 0.5) is 0 Å². The lowest BCUT2D eigenvalue weighted by molar-refractivity contribution is -0.123. The molecule has 1 heterocycles. The number of hydrogen-bond donors (Lipinski definition) is 1. The van der Waals surface area contributed by atoms with Crippen molar-refractivity contribution in [2.24, 2.45) is 0 Å². The van der Waals surface area contributed by atoms with E-state index in [-0.39, 0.29) is 18.6 Å². The number of amides is 1. The number of ether oxygens (including phenoxy) is 2. The minimum Gasteiger partial charge on any atom is -0.484 e. The van der Waals surface area contributed by atoms with Gasteiger partial charge in [0.15, 0.2) is 6.61 Å². The van der Waals surface area contributed by atoms with Crippen LogP contribution < -0.4 is 10.1 Å². The summed E-state index contributed by atoms with van der Waals surface area (Å²) < 4.78 is 11.0. The van der Waals surface area contributed by atoms with Gasteiger partial charge in [0, 0.05) is 13.2 Å². The molecule has 2 aromatic carbocycles. The lowest BCUT2D eigenvalue weighted by Gasteiger charge is -2.11. The Morgan fingerprint density at radius 2 is 1.79 bits per heavy atom. The van der Waals surface area contributed by atoms with E-state index in [9.17, 15) is 4.79 Å². The fourth-order valence-electron chi connectivity index (χ4n) is 2.72. The van der Waals surface area contributed by atoms with Crippen LogP contribution in [0.3, 0.4) is 0 Å². The number of carbonyl (C=O) groups is 1. The average Bonchev–Trinajstić information content (AvgIpc) is 3.13. The molecule has 0 spiro atoms. The predicted molar refractivity (Wildman–Crippen MR) is 94.1 cm³/mol. The van der Waals surface area contributed by atoms with Crippen LogP contribution in [-0.2, 0) is 9.53 Å². The monoisotopic (exact) mass is 325 g/mol. The molecule has 1 aliphatic rings. The standard InChI is InChI=1S/C20H23NO3/c1-15-4-6-16(7-5-15)17-8-10-18(11-9-17)24-14-20(22)21-13-19-3-2-12-23-19/h4-11,19H,2-3,12-14H2,1H3,(H,21,22)/t19-/m1/s1. The maximum absolute atomic E-state index is 11.8. The molecule has 1 atom stereocenters. The first-order valence-corrected chi connectivity index (χ1v) is 8.39. The van der Waals surface area contributed by atoms with Crippen molar-refractivity contribution in [3.05, 3.63) is 54.1 Å². The van der Waals surface area contributed by atoms with Crippen LogP contribution in [0.2, 0.25) is 0 Å². The number of rotatable bonds is 6. The molecule has 0 aromatic heterocycles. The normalized spacial score (nSPS) is 16.8. The van der Waals surface area contributed by atoms with Gasteiger partial charge in [-0.3, -0.25) is 4.79 Å². The molecular formula is C20H23NO3. The number of carbonyl (C=O) groups excluding carboxylic acids is 1. The third kappa shape index (κ3) is 4.59. The van der Waals surface area contributed by atoms with Gasteiger partial charge in [-0.1, -0.05) is 42.0 Å². The highest BCUT2D eigenvalue weighted by atomic mass is 16.5. The first-order chi connectivity index (χ1) is 11.7. The quantitative estimate of drug-likeness (QED) is 0.886. The van der Waals surface area contributed by atoms with Crippen molar-refractivity contribution in [2.75, 3.05) is 19.8 Å². The third-order valence-corrected chi connectivity index (χ3v) is 4.16. The first-order valence-electron chi connectivity index (χ1n) is 8.39. The van der Waals surface area contributed by atoms with Crippen LogP contribution in [0, 0.1) is 6.92 Å². The first kappa shape index (κ1) is 16.5. The molecule has 0 saturated carbocycles. The minimum atomic E-state index is -0.117. The van der Waals surface area contributed by atoms with Gasteiger partial charge < -0.3 is 14.8 Å². The molecule has 1 aliphatic heterocycles. The molecule has 0 bridgehead atoms. The summed E-state index contributed by atoms with van der Waals surface area (Å²) in [6.07, 6.45) is 2.24. The number of aryl methyl sites for hydroxylation is 1. The number of hydrogen-bond acceptors (Lipinski definition) is 3. The molecule has 2 aromatic rings. The van der Waals surface area contributed by atoms with E-state index < -0.39 is 0 Å². The topological polar surface area (TPSA) is 47.6 Å². The zero-order chi connectivity index (χ0) is 16.8. The summed E-state index contributed by atoms with van der Waals surface area (Å²) in [5, 5.41) is 2.85. The van der Waals surface area contributed by atoms with Gasteiger partial charge in [0.1, 0.15) is 5.75 Å². The second-order valence-corrected chi connectivity index (χ2v) is 6.12. The summed E-state index contributed by atoms with van der Waals surface area (Å²) in [6, 6.07) is 16.2. The van der Waals surface area contributed by atoms with E-state index in [0.29, 0.717) is 12.3 Å². The van der Waals surface area contributed by atoms with Crippen molar-refractivity contribution in [2.45, 2.75) is 25.9 Å². The van der Waals surface area contributed by atoms with Gasteiger partial charge >= 0.3 is 0 Å². The maximum Gasteiger partial charge on any atom is 0.258 e. The Bertz CT molecular complexity index is 658. The number of benzene rings is 2. The summed E-state index contributed by atoms with van der Waals surface area (Å²) in [5.41, 5.74) is 3.54. The van der Waals surface area contributed by atoms with E-state index >= 15 is 0 Å². The number of nitrogens with one attached hydrogen (secondary N) is 1. The molecule has 4 heteroatoms. The summed E-state index contributed by atoms with van der Waals surface area (Å²) in [5.74, 6) is 0.575. The van der Waals surface area contributed by atoms with Gasteiger partial charge in [-0.25, -0.2) is 0 Å². The molecule has 0 unspecified atom stereocenters. The largest absolute Gasteiger partial charge is 0.484 e. The second kappa shape index (κ2) is 7.97. The van der Waals surface area contributed by atoms with E-state index in [1.54, 1.807) is 0 Å². The van der Waals surface area contributed by atoms with Gasteiger partial charge in [0.2, 0.25) is 0 Å². The Morgan fingerprint density at radius 1 is 1.12 bits per heavy atom. The summed E-state index contributed by atoms with van der Waals surface area (Å²) in [4.78, 5) is 11.8. The van der Waals surface area contributed by atoms with Crippen molar-refractivity contribution in [1.82, 2.24) is 5.32 Å². The van der Waals surface area contributed by atoms with Crippen LogP contribution in [0.1, 0.15) is 18.4 Å². The van der Waals surface area contributed by atoms with Crippen LogP contribution in [0.25, 0.3) is 11.1 Å². The fraction of sp³-hybridized carbons (Fsp3) is 0.350. The molecule has 1 amide bonds. The van der Waals surface area contributed by atoms with Crippen molar-refractivity contribution in [3.8, 4) is 16.9 Å². The smallest absolute Gasteiger partial charge is 0.258 e. The Balaban J connectivity index is 1.47. The highest BCUT2D eigenvalue weighted by molar-refractivity contribution is 5.77. The Morgan fingerprint density at radius 3 is 2.42 bits per heavy atom. The van der Waals surface area contributed by atoms with Gasteiger partial charge in [-0.15, -0.1) is 0 Å². The van der Waals surface area contributed by atoms with Gasteiger partial charge in [0.05, 0.1) is 6.10 Å². The van der Waals surface area contributed by atoms with Crippen molar-refractivity contribution < 1.29 is 14.3 Å². The highest BCUT2D eigenvalue weighted by Crippen LogP contribution is 2.22. The van der Waals surface area contributed by atoms with Gasteiger partial charge in [0.25, 0.3) is 5.91 Å². The fourth-order valence-corrected chi connectivity index (χ4v) is 2.72. The Labute approximate surface area is 142 Å². The summed E-state index contributed by atoms with van der Waals surface area (Å²) in [7, 11) is 0. The van der Waals surface area contributed by atoms with Gasteiger partial charge in [-0.05, 0) is 43.0 Å². The molecule has 126 valence electrons. The third-order valence-electron chi connectivity index (χ3n) is 4.16. The lowest BCUT2D eigenvalue weighted by atomic mass is 10.0. The second-order valence-electron chi connectivity index (χ2n) is 6.12. The molecule has 1 saturated heterocycles. The van der Waals surface area contributed by atoms with Crippen LogP contribution >= 0.6 is 0 Å². The molecule has 24 heavy (non-hydrogen) atoms. The van der Waals surface area contributed by atoms with E-state index in [2.05, 4.69) is 36.5 Å². The SMILES string of the molecule is Cc1ccc(-c2ccc(OCC(=O)NC[C@H]3CCCO3)cc2)cc1. The zero-order valence-corrected chi connectivity index (χ0v) is 14.0. The molecule has 0 radical (unpaired) electrons. The van der Waals surface area contributed by atoms with E-state index in [1.165, 1.54) is 11.1 Å². The molecule has 1 N–H and O–H groups in total.